The first-order chi connectivity index (χ1) is 4.88. The third kappa shape index (κ3) is 1.58. The maximum atomic E-state index is 5.35. The van der Waals surface area contributed by atoms with E-state index in [0.29, 0.717) is 12.6 Å². The highest BCUT2D eigenvalue weighted by molar-refractivity contribution is 4.76. The van der Waals surface area contributed by atoms with Crippen LogP contribution in [0.2, 0.25) is 0 Å². The third-order valence-electron chi connectivity index (χ3n) is 1.92. The minimum absolute atomic E-state index is 0.649. The van der Waals surface area contributed by atoms with Gasteiger partial charge in [-0.05, 0) is 12.8 Å². The fourth-order valence-corrected chi connectivity index (χ4v) is 1.14. The van der Waals surface area contributed by atoms with Crippen LogP contribution in [0.15, 0.2) is 12.7 Å². The molecular formula is C8H15NO. The second-order valence-electron chi connectivity index (χ2n) is 2.58. The summed E-state index contributed by atoms with van der Waals surface area (Å²) in [5.74, 6) is 0. The lowest BCUT2D eigenvalue weighted by atomic mass is 10.0. The van der Waals surface area contributed by atoms with Crippen molar-refractivity contribution in [3.05, 3.63) is 12.7 Å². The van der Waals surface area contributed by atoms with Gasteiger partial charge in [0.1, 0.15) is 0 Å². The molecule has 2 heteroatoms. The second-order valence-corrected chi connectivity index (χ2v) is 2.58. The second kappa shape index (κ2) is 3.74. The Bertz CT molecular complexity index is 112. The van der Waals surface area contributed by atoms with Crippen LogP contribution in [0, 0.1) is 0 Å². The molecule has 0 aromatic carbocycles. The molecule has 0 aliphatic carbocycles. The Morgan fingerprint density at radius 2 is 2.60 bits per heavy atom. The maximum absolute atomic E-state index is 5.35. The van der Waals surface area contributed by atoms with Gasteiger partial charge in [0.2, 0.25) is 0 Å². The Hall–Kier alpha value is -0.340. The number of hydroxylamine groups is 2. The minimum Gasteiger partial charge on any atom is -0.295 e. The average Bonchev–Trinajstić information content (AvgIpc) is 1.88. The lowest BCUT2D eigenvalue weighted by Crippen LogP contribution is -2.46. The normalized spacial score (nSPS) is 25.9. The van der Waals surface area contributed by atoms with Gasteiger partial charge in [-0.3, -0.25) is 4.84 Å². The van der Waals surface area contributed by atoms with Crippen LogP contribution < -0.4 is 0 Å². The molecule has 0 aromatic rings. The van der Waals surface area contributed by atoms with Crippen LogP contribution in [0.4, 0.5) is 0 Å². The van der Waals surface area contributed by atoms with Gasteiger partial charge in [0.25, 0.3) is 0 Å². The zero-order valence-corrected chi connectivity index (χ0v) is 6.55. The Morgan fingerprint density at radius 1 is 1.80 bits per heavy atom. The van der Waals surface area contributed by atoms with E-state index in [1.54, 1.807) is 6.08 Å². The van der Waals surface area contributed by atoms with Crippen molar-refractivity contribution >= 4 is 0 Å². The van der Waals surface area contributed by atoms with Crippen molar-refractivity contribution in [2.24, 2.45) is 0 Å². The third-order valence-corrected chi connectivity index (χ3v) is 1.92. The highest BCUT2D eigenvalue weighted by atomic mass is 16.7. The van der Waals surface area contributed by atoms with Gasteiger partial charge >= 0.3 is 0 Å². The van der Waals surface area contributed by atoms with Gasteiger partial charge in [-0.25, -0.2) is 0 Å². The molecule has 1 fully saturated rings. The maximum Gasteiger partial charge on any atom is 0.0864 e. The van der Waals surface area contributed by atoms with Crippen molar-refractivity contribution in [1.29, 1.82) is 0 Å². The molecule has 58 valence electrons. The molecule has 0 radical (unpaired) electrons. The summed E-state index contributed by atoms with van der Waals surface area (Å²) in [4.78, 5) is 5.35. The molecule has 1 rings (SSSR count). The van der Waals surface area contributed by atoms with Crippen molar-refractivity contribution in [2.45, 2.75) is 25.8 Å². The van der Waals surface area contributed by atoms with Gasteiger partial charge in [0.15, 0.2) is 0 Å². The van der Waals surface area contributed by atoms with Crippen LogP contribution in [0.3, 0.4) is 0 Å². The molecule has 0 aromatic heterocycles. The molecule has 0 spiro atoms. The van der Waals surface area contributed by atoms with E-state index in [1.807, 2.05) is 5.06 Å². The van der Waals surface area contributed by atoms with Crippen molar-refractivity contribution in [1.82, 2.24) is 5.06 Å². The Labute approximate surface area is 62.4 Å². The van der Waals surface area contributed by atoms with Crippen LogP contribution in [0.5, 0.6) is 0 Å². The topological polar surface area (TPSA) is 12.5 Å². The van der Waals surface area contributed by atoms with E-state index in [0.717, 1.165) is 6.54 Å². The Morgan fingerprint density at radius 3 is 3.00 bits per heavy atom. The lowest BCUT2D eigenvalue weighted by Gasteiger charge is -2.38. The Balaban J connectivity index is 2.10. The first-order valence-corrected chi connectivity index (χ1v) is 3.89. The van der Waals surface area contributed by atoms with Crippen molar-refractivity contribution < 1.29 is 4.84 Å². The Kier molecular flexibility index (Phi) is 2.90. The number of hydrogen-bond acceptors (Lipinski definition) is 2. The average molecular weight is 141 g/mol. The fourth-order valence-electron chi connectivity index (χ4n) is 1.14. The summed E-state index contributed by atoms with van der Waals surface area (Å²) in [6.45, 7) is 7.52. The molecule has 1 unspecified atom stereocenters. The summed E-state index contributed by atoms with van der Waals surface area (Å²) in [7, 11) is 0. The summed E-state index contributed by atoms with van der Waals surface area (Å²) in [5, 5.41) is 2.04. The molecular weight excluding hydrogens is 126 g/mol. The van der Waals surface area contributed by atoms with E-state index in [2.05, 4.69) is 13.5 Å². The lowest BCUT2D eigenvalue weighted by molar-refractivity contribution is -0.223. The van der Waals surface area contributed by atoms with Crippen LogP contribution in [0.1, 0.15) is 19.8 Å². The highest BCUT2D eigenvalue weighted by Crippen LogP contribution is 2.19. The van der Waals surface area contributed by atoms with E-state index in [-0.39, 0.29) is 0 Å². The predicted octanol–water partition coefficient (Wildman–Crippen LogP) is 1.59. The van der Waals surface area contributed by atoms with Crippen LogP contribution in [-0.4, -0.2) is 24.3 Å². The standard InChI is InChI=1S/C8H15NO/c1-3-7-10-9-6-5-8(9)4-2/h3,8H,1,4-7H2,2H3. The van der Waals surface area contributed by atoms with Crippen LogP contribution >= 0.6 is 0 Å². The molecule has 0 amide bonds. The quantitative estimate of drug-likeness (QED) is 0.551. The summed E-state index contributed by atoms with van der Waals surface area (Å²) in [5.41, 5.74) is 0. The van der Waals surface area contributed by atoms with Gasteiger partial charge < -0.3 is 0 Å². The van der Waals surface area contributed by atoms with Gasteiger partial charge in [-0.1, -0.05) is 13.0 Å². The zero-order chi connectivity index (χ0) is 7.40. The monoisotopic (exact) mass is 141 g/mol. The molecule has 0 bridgehead atoms. The summed E-state index contributed by atoms with van der Waals surface area (Å²) < 4.78 is 0. The summed E-state index contributed by atoms with van der Waals surface area (Å²) in [6.07, 6.45) is 4.26. The SMILES string of the molecule is C=CCON1CCC1CC. The number of nitrogens with zero attached hydrogens (tertiary/aromatic N) is 1. The molecule has 1 aliphatic heterocycles. The number of rotatable bonds is 4. The van der Waals surface area contributed by atoms with E-state index >= 15 is 0 Å². The zero-order valence-electron chi connectivity index (χ0n) is 6.55. The molecule has 2 nitrogen and oxygen atoms in total. The molecule has 1 heterocycles. The predicted molar refractivity (Wildman–Crippen MR) is 41.6 cm³/mol. The van der Waals surface area contributed by atoms with Crippen LogP contribution in [-0.2, 0) is 4.84 Å². The van der Waals surface area contributed by atoms with Crippen LogP contribution in [0.25, 0.3) is 0 Å². The summed E-state index contributed by atoms with van der Waals surface area (Å²) in [6, 6.07) is 0.667. The molecule has 1 saturated heterocycles. The first kappa shape index (κ1) is 7.76. The molecule has 1 atom stereocenters. The van der Waals surface area contributed by atoms with E-state index in [1.165, 1.54) is 12.8 Å². The van der Waals surface area contributed by atoms with E-state index in [9.17, 15) is 0 Å². The van der Waals surface area contributed by atoms with Crippen molar-refractivity contribution in [3.8, 4) is 0 Å². The molecule has 0 saturated carbocycles. The molecule has 1 aliphatic rings. The van der Waals surface area contributed by atoms with E-state index < -0.39 is 0 Å². The highest BCUT2D eigenvalue weighted by Gasteiger charge is 2.26. The number of hydrogen-bond donors (Lipinski definition) is 0. The smallest absolute Gasteiger partial charge is 0.0864 e. The fraction of sp³-hybridized carbons (Fsp3) is 0.750. The summed E-state index contributed by atoms with van der Waals surface area (Å²) >= 11 is 0. The van der Waals surface area contributed by atoms with Gasteiger partial charge in [-0.2, -0.15) is 5.06 Å². The van der Waals surface area contributed by atoms with Crippen molar-refractivity contribution in [3.63, 3.8) is 0 Å². The largest absolute Gasteiger partial charge is 0.295 e. The molecule has 0 N–H and O–H groups in total. The van der Waals surface area contributed by atoms with Gasteiger partial charge in [0.05, 0.1) is 6.61 Å². The first-order valence-electron chi connectivity index (χ1n) is 3.89. The van der Waals surface area contributed by atoms with Crippen molar-refractivity contribution in [2.75, 3.05) is 13.2 Å². The molecule has 10 heavy (non-hydrogen) atoms. The van der Waals surface area contributed by atoms with Gasteiger partial charge in [0, 0.05) is 12.6 Å². The van der Waals surface area contributed by atoms with Gasteiger partial charge in [-0.15, -0.1) is 6.58 Å². The minimum atomic E-state index is 0.649. The van der Waals surface area contributed by atoms with E-state index in [4.69, 9.17) is 4.84 Å².